The fourth-order valence-electron chi connectivity index (χ4n) is 2.84. The summed E-state index contributed by atoms with van der Waals surface area (Å²) >= 11 is 13.5. The van der Waals surface area contributed by atoms with Crippen molar-refractivity contribution in [1.82, 2.24) is 4.98 Å². The Morgan fingerprint density at radius 2 is 1.96 bits per heavy atom. The van der Waals surface area contributed by atoms with Gasteiger partial charge in [-0.1, -0.05) is 47.5 Å². The highest BCUT2D eigenvalue weighted by Crippen LogP contribution is 2.38. The molecule has 0 spiro atoms. The molecule has 120 valence electrons. The van der Waals surface area contributed by atoms with E-state index in [2.05, 4.69) is 22.4 Å². The molecule has 0 aliphatic heterocycles. The highest BCUT2D eigenvalue weighted by Gasteiger charge is 2.21. The van der Waals surface area contributed by atoms with Gasteiger partial charge in [-0.25, -0.2) is 4.98 Å². The maximum absolute atomic E-state index is 12.4. The van der Waals surface area contributed by atoms with Gasteiger partial charge in [0.05, 0.1) is 16.3 Å². The summed E-state index contributed by atoms with van der Waals surface area (Å²) in [5.74, 6) is -0.281. The lowest BCUT2D eigenvalue weighted by Gasteiger charge is -2.13. The molecule has 0 bridgehead atoms. The van der Waals surface area contributed by atoms with Crippen LogP contribution in [0.15, 0.2) is 42.5 Å². The quantitative estimate of drug-likeness (QED) is 0.646. The van der Waals surface area contributed by atoms with E-state index in [4.69, 9.17) is 23.2 Å². The van der Waals surface area contributed by atoms with Crippen molar-refractivity contribution in [2.24, 2.45) is 0 Å². The average Bonchev–Trinajstić information content (AvgIpc) is 2.97. The minimum atomic E-state index is -0.281. The largest absolute Gasteiger partial charge is 0.298 e. The number of rotatable bonds is 2. The van der Waals surface area contributed by atoms with Crippen molar-refractivity contribution in [3.05, 3.63) is 68.5 Å². The van der Waals surface area contributed by atoms with Gasteiger partial charge in [0.25, 0.3) is 5.91 Å². The molecule has 0 saturated heterocycles. The molecule has 24 heavy (non-hydrogen) atoms. The van der Waals surface area contributed by atoms with Gasteiger partial charge >= 0.3 is 0 Å². The Morgan fingerprint density at radius 3 is 2.79 bits per heavy atom. The van der Waals surface area contributed by atoms with E-state index in [-0.39, 0.29) is 5.91 Å². The van der Waals surface area contributed by atoms with E-state index in [1.54, 1.807) is 18.2 Å². The molecule has 0 unspecified atom stereocenters. The standard InChI is InChI=1S/C18H12Cl2N2OS/c19-11-6-7-13(14(20)9-11)17(23)22-18-21-16-12-4-2-1-3-10(12)5-8-15(16)24-18/h1-4,6-7,9H,5,8H2,(H,21,22,23). The first-order valence-electron chi connectivity index (χ1n) is 7.46. The van der Waals surface area contributed by atoms with Crippen molar-refractivity contribution in [3.63, 3.8) is 0 Å². The van der Waals surface area contributed by atoms with Gasteiger partial charge in [0, 0.05) is 15.5 Å². The highest BCUT2D eigenvalue weighted by molar-refractivity contribution is 7.16. The van der Waals surface area contributed by atoms with Crippen molar-refractivity contribution in [2.45, 2.75) is 12.8 Å². The van der Waals surface area contributed by atoms with Crippen LogP contribution in [-0.2, 0) is 12.8 Å². The molecule has 0 saturated carbocycles. The van der Waals surface area contributed by atoms with Crippen molar-refractivity contribution in [2.75, 3.05) is 5.32 Å². The van der Waals surface area contributed by atoms with Crippen LogP contribution in [0.3, 0.4) is 0 Å². The van der Waals surface area contributed by atoms with Crippen molar-refractivity contribution < 1.29 is 4.79 Å². The fraction of sp³-hybridized carbons (Fsp3) is 0.111. The van der Waals surface area contributed by atoms with Crippen LogP contribution in [0.5, 0.6) is 0 Å². The van der Waals surface area contributed by atoms with Crippen LogP contribution in [0.2, 0.25) is 10.0 Å². The number of aryl methyl sites for hydroxylation is 2. The summed E-state index contributed by atoms with van der Waals surface area (Å²) in [5, 5.41) is 4.26. The molecule has 0 fully saturated rings. The van der Waals surface area contributed by atoms with Gasteiger partial charge in [0.2, 0.25) is 0 Å². The van der Waals surface area contributed by atoms with Gasteiger partial charge < -0.3 is 0 Å². The van der Waals surface area contributed by atoms with Gasteiger partial charge in [-0.3, -0.25) is 10.1 Å². The van der Waals surface area contributed by atoms with Gasteiger partial charge in [0.1, 0.15) is 0 Å². The number of carbonyl (C=O) groups excluding carboxylic acids is 1. The molecule has 1 N–H and O–H groups in total. The number of aromatic nitrogens is 1. The molecule has 0 atom stereocenters. The van der Waals surface area contributed by atoms with E-state index in [1.165, 1.54) is 21.8 Å². The number of benzene rings is 2. The minimum Gasteiger partial charge on any atom is -0.298 e. The first-order chi connectivity index (χ1) is 11.6. The summed E-state index contributed by atoms with van der Waals surface area (Å²) in [4.78, 5) is 18.3. The second kappa shape index (κ2) is 6.20. The summed E-state index contributed by atoms with van der Waals surface area (Å²) in [7, 11) is 0. The second-order valence-electron chi connectivity index (χ2n) is 5.53. The third-order valence-corrected chi connectivity index (χ3v) is 5.57. The Bertz CT molecular complexity index is 952. The van der Waals surface area contributed by atoms with E-state index >= 15 is 0 Å². The fourth-order valence-corrected chi connectivity index (χ4v) is 4.31. The van der Waals surface area contributed by atoms with Gasteiger partial charge in [-0.05, 0) is 36.6 Å². The number of hydrogen-bond donors (Lipinski definition) is 1. The van der Waals surface area contributed by atoms with Crippen LogP contribution < -0.4 is 5.32 Å². The Balaban J connectivity index is 1.63. The predicted molar refractivity (Wildman–Crippen MR) is 99.4 cm³/mol. The maximum Gasteiger partial charge on any atom is 0.258 e. The van der Waals surface area contributed by atoms with Crippen LogP contribution in [0.4, 0.5) is 5.13 Å². The Morgan fingerprint density at radius 1 is 1.12 bits per heavy atom. The average molecular weight is 375 g/mol. The summed E-state index contributed by atoms with van der Waals surface area (Å²) in [5.41, 5.74) is 3.81. The number of thiazole rings is 1. The molecule has 1 aliphatic rings. The molecule has 1 heterocycles. The Hall–Kier alpha value is -1.88. The zero-order valence-corrected chi connectivity index (χ0v) is 14.8. The summed E-state index contributed by atoms with van der Waals surface area (Å²) in [6.07, 6.45) is 1.95. The number of fused-ring (bicyclic) bond motifs is 3. The highest BCUT2D eigenvalue weighted by atomic mass is 35.5. The van der Waals surface area contributed by atoms with Gasteiger partial charge in [0.15, 0.2) is 5.13 Å². The smallest absolute Gasteiger partial charge is 0.258 e. The summed E-state index contributed by atoms with van der Waals surface area (Å²) in [6, 6.07) is 13.1. The molecule has 2 aromatic carbocycles. The van der Waals surface area contributed by atoms with Crippen LogP contribution in [0.1, 0.15) is 20.8 Å². The number of nitrogens with zero attached hydrogens (tertiary/aromatic N) is 1. The van der Waals surface area contributed by atoms with Crippen molar-refractivity contribution in [3.8, 4) is 11.3 Å². The van der Waals surface area contributed by atoms with E-state index in [0.717, 1.165) is 24.1 Å². The van der Waals surface area contributed by atoms with E-state index in [9.17, 15) is 4.79 Å². The maximum atomic E-state index is 12.4. The number of hydrogen-bond acceptors (Lipinski definition) is 3. The van der Waals surface area contributed by atoms with Crippen LogP contribution in [0.25, 0.3) is 11.3 Å². The SMILES string of the molecule is O=C(Nc1nc2c(s1)CCc1ccccc1-2)c1ccc(Cl)cc1Cl. The number of amides is 1. The molecular formula is C18H12Cl2N2OS. The Labute approximate surface area is 153 Å². The normalized spacial score (nSPS) is 12.4. The molecule has 0 radical (unpaired) electrons. The van der Waals surface area contributed by atoms with Crippen molar-refractivity contribution >= 4 is 45.6 Å². The van der Waals surface area contributed by atoms with E-state index < -0.39 is 0 Å². The molecule has 3 nitrogen and oxygen atoms in total. The van der Waals surface area contributed by atoms with Gasteiger partial charge in [-0.2, -0.15) is 0 Å². The summed E-state index contributed by atoms with van der Waals surface area (Å²) < 4.78 is 0. The molecule has 1 aliphatic carbocycles. The van der Waals surface area contributed by atoms with E-state index in [1.807, 2.05) is 12.1 Å². The van der Waals surface area contributed by atoms with Gasteiger partial charge in [-0.15, -0.1) is 11.3 Å². The topological polar surface area (TPSA) is 42.0 Å². The summed E-state index contributed by atoms with van der Waals surface area (Å²) in [6.45, 7) is 0. The predicted octanol–water partition coefficient (Wildman–Crippen LogP) is 5.47. The molecule has 6 heteroatoms. The third kappa shape index (κ3) is 2.81. The molecular weight excluding hydrogens is 363 g/mol. The first-order valence-corrected chi connectivity index (χ1v) is 9.03. The van der Waals surface area contributed by atoms with E-state index in [0.29, 0.717) is 20.7 Å². The number of halogens is 2. The zero-order valence-electron chi connectivity index (χ0n) is 12.5. The molecule has 4 rings (SSSR count). The lowest BCUT2D eigenvalue weighted by atomic mass is 9.94. The lowest BCUT2D eigenvalue weighted by molar-refractivity contribution is 0.102. The van der Waals surface area contributed by atoms with Crippen LogP contribution >= 0.6 is 34.5 Å². The van der Waals surface area contributed by atoms with Crippen molar-refractivity contribution in [1.29, 1.82) is 0 Å². The third-order valence-electron chi connectivity index (χ3n) is 3.99. The second-order valence-corrected chi connectivity index (χ2v) is 7.45. The lowest BCUT2D eigenvalue weighted by Crippen LogP contribution is -2.12. The zero-order chi connectivity index (χ0) is 16.7. The molecule has 3 aromatic rings. The Kier molecular flexibility index (Phi) is 4.04. The molecule has 1 amide bonds. The molecule has 1 aromatic heterocycles. The van der Waals surface area contributed by atoms with Crippen LogP contribution in [-0.4, -0.2) is 10.9 Å². The minimum absolute atomic E-state index is 0.281. The number of carbonyl (C=O) groups is 1. The first kappa shape index (κ1) is 15.6. The number of anilines is 1. The number of nitrogens with one attached hydrogen (secondary N) is 1. The monoisotopic (exact) mass is 374 g/mol. The van der Waals surface area contributed by atoms with Crippen LogP contribution in [0, 0.1) is 0 Å².